The van der Waals surface area contributed by atoms with Crippen LogP contribution in [0, 0.1) is 0 Å². The van der Waals surface area contributed by atoms with Gasteiger partial charge in [0.1, 0.15) is 11.0 Å². The van der Waals surface area contributed by atoms with Crippen LogP contribution in [0.4, 0.5) is 0 Å². The molecule has 2 rings (SSSR count). The molecule has 0 spiro atoms. The van der Waals surface area contributed by atoms with E-state index < -0.39 is 0 Å². The van der Waals surface area contributed by atoms with Gasteiger partial charge < -0.3 is 0 Å². The zero-order valence-electron chi connectivity index (χ0n) is 11.9. The van der Waals surface area contributed by atoms with Gasteiger partial charge in [-0.3, -0.25) is 0 Å². The summed E-state index contributed by atoms with van der Waals surface area (Å²) in [6, 6.07) is 0. The highest BCUT2D eigenvalue weighted by Crippen LogP contribution is 2.33. The summed E-state index contributed by atoms with van der Waals surface area (Å²) < 4.78 is 8.86. The van der Waals surface area contributed by atoms with E-state index in [1.807, 2.05) is 0 Å². The number of nitrogens with zero attached hydrogens (tertiary/aromatic N) is 4. The van der Waals surface area contributed by atoms with Gasteiger partial charge >= 0.3 is 0 Å². The van der Waals surface area contributed by atoms with Gasteiger partial charge in [0.2, 0.25) is 0 Å². The minimum Gasteiger partial charge on any atom is -0.171 e. The first-order valence-corrected chi connectivity index (χ1v) is 7.00. The fourth-order valence-electron chi connectivity index (χ4n) is 1.82. The second kappa shape index (κ2) is 4.23. The second-order valence-electron chi connectivity index (χ2n) is 6.35. The lowest BCUT2D eigenvalue weighted by Crippen LogP contribution is -2.22. The summed E-state index contributed by atoms with van der Waals surface area (Å²) >= 11 is 1.24. The van der Waals surface area contributed by atoms with Crippen molar-refractivity contribution in [2.24, 2.45) is 0 Å². The van der Waals surface area contributed by atoms with Crippen LogP contribution in [-0.2, 0) is 10.8 Å². The van der Waals surface area contributed by atoms with Gasteiger partial charge in [0.25, 0.3) is 0 Å². The molecule has 0 aliphatic heterocycles. The molecule has 0 unspecified atom stereocenters. The van der Waals surface area contributed by atoms with Crippen LogP contribution in [0.15, 0.2) is 0 Å². The maximum atomic E-state index is 4.44. The van der Waals surface area contributed by atoms with Gasteiger partial charge in [0.15, 0.2) is 0 Å². The average molecular weight is 264 g/mol. The van der Waals surface area contributed by atoms with E-state index in [0.29, 0.717) is 0 Å². The number of fused-ring (bicyclic) bond motifs is 1. The Hall–Kier alpha value is -1.10. The molecule has 0 fully saturated rings. The van der Waals surface area contributed by atoms with Gasteiger partial charge in [-0.25, -0.2) is 0 Å². The Balaban J connectivity index is 2.73. The van der Waals surface area contributed by atoms with Crippen LogP contribution in [0.1, 0.15) is 59.4 Å². The normalized spacial score (nSPS) is 13.2. The van der Waals surface area contributed by atoms with Crippen LogP contribution in [0.3, 0.4) is 0 Å². The molecule has 0 radical (unpaired) electrons. The first kappa shape index (κ1) is 13.3. The molecule has 0 atom stereocenters. The molecule has 2 heterocycles. The zero-order valence-corrected chi connectivity index (χ0v) is 12.7. The monoisotopic (exact) mass is 264 g/mol. The largest absolute Gasteiger partial charge is 0.171 e. The Labute approximate surface area is 112 Å². The van der Waals surface area contributed by atoms with Gasteiger partial charge in [0.05, 0.1) is 23.1 Å². The van der Waals surface area contributed by atoms with E-state index >= 15 is 0 Å². The van der Waals surface area contributed by atoms with Crippen LogP contribution < -0.4 is 0 Å². The SMILES string of the molecule is CCC(C)(C)c1nnc(C(C)(C)C)c2nsnc12. The fraction of sp³-hybridized carbons (Fsp3) is 0.692. The highest BCUT2D eigenvalue weighted by atomic mass is 32.1. The summed E-state index contributed by atoms with van der Waals surface area (Å²) in [5, 5.41) is 8.86. The Bertz CT molecular complexity index is 566. The molecule has 0 amide bonds. The van der Waals surface area contributed by atoms with Crippen LogP contribution >= 0.6 is 11.7 Å². The first-order valence-electron chi connectivity index (χ1n) is 6.27. The van der Waals surface area contributed by atoms with E-state index in [4.69, 9.17) is 0 Å². The van der Waals surface area contributed by atoms with E-state index in [1.165, 1.54) is 11.7 Å². The minimum atomic E-state index is -0.0596. The third-order valence-corrected chi connectivity index (χ3v) is 3.95. The van der Waals surface area contributed by atoms with E-state index in [9.17, 15) is 0 Å². The maximum Gasteiger partial charge on any atom is 0.130 e. The van der Waals surface area contributed by atoms with Crippen molar-refractivity contribution in [3.8, 4) is 0 Å². The highest BCUT2D eigenvalue weighted by molar-refractivity contribution is 7.00. The lowest BCUT2D eigenvalue weighted by atomic mass is 9.84. The summed E-state index contributed by atoms with van der Waals surface area (Å²) in [7, 11) is 0. The third-order valence-electron chi connectivity index (χ3n) is 3.42. The van der Waals surface area contributed by atoms with E-state index in [0.717, 1.165) is 28.8 Å². The molecule has 0 bridgehead atoms. The molecule has 0 N–H and O–H groups in total. The van der Waals surface area contributed by atoms with Crippen LogP contribution in [0.5, 0.6) is 0 Å². The molecule has 0 aliphatic carbocycles. The fourth-order valence-corrected chi connectivity index (χ4v) is 2.37. The van der Waals surface area contributed by atoms with Crippen molar-refractivity contribution < 1.29 is 0 Å². The van der Waals surface area contributed by atoms with Crippen molar-refractivity contribution in [3.05, 3.63) is 11.4 Å². The molecular formula is C13H20N4S. The summed E-state index contributed by atoms with van der Waals surface area (Å²) in [4.78, 5) is 0. The molecule has 5 heteroatoms. The predicted octanol–water partition coefficient (Wildman–Crippen LogP) is 3.47. The minimum absolute atomic E-state index is 0.0165. The van der Waals surface area contributed by atoms with Gasteiger partial charge in [-0.15, -0.1) is 0 Å². The zero-order chi connectivity index (χ0) is 13.6. The van der Waals surface area contributed by atoms with E-state index in [1.54, 1.807) is 0 Å². The van der Waals surface area contributed by atoms with Gasteiger partial charge in [-0.1, -0.05) is 41.5 Å². The van der Waals surface area contributed by atoms with E-state index in [2.05, 4.69) is 60.5 Å². The maximum absolute atomic E-state index is 4.44. The van der Waals surface area contributed by atoms with Crippen LogP contribution in [-0.4, -0.2) is 18.9 Å². The highest BCUT2D eigenvalue weighted by Gasteiger charge is 2.29. The Morgan fingerprint density at radius 3 is 1.89 bits per heavy atom. The van der Waals surface area contributed by atoms with Crippen LogP contribution in [0.2, 0.25) is 0 Å². The molecule has 0 saturated heterocycles. The molecule has 0 aliphatic rings. The summed E-state index contributed by atoms with van der Waals surface area (Å²) in [5.74, 6) is 0. The van der Waals surface area contributed by atoms with Gasteiger partial charge in [-0.05, 0) is 6.42 Å². The van der Waals surface area contributed by atoms with E-state index in [-0.39, 0.29) is 10.8 Å². The number of rotatable bonds is 2. The quantitative estimate of drug-likeness (QED) is 0.833. The molecule has 0 saturated carbocycles. The standard InChI is InChI=1S/C13H20N4S/c1-7-13(5,6)11-9-8(16-18-17-9)10(14-15-11)12(2,3)4/h7H2,1-6H3. The van der Waals surface area contributed by atoms with Gasteiger partial charge in [0, 0.05) is 10.8 Å². The summed E-state index contributed by atoms with van der Waals surface area (Å²) in [5.41, 5.74) is 3.65. The smallest absolute Gasteiger partial charge is 0.130 e. The van der Waals surface area contributed by atoms with Gasteiger partial charge in [-0.2, -0.15) is 18.9 Å². The Kier molecular flexibility index (Phi) is 3.13. The van der Waals surface area contributed by atoms with Crippen molar-refractivity contribution in [3.63, 3.8) is 0 Å². The summed E-state index contributed by atoms with van der Waals surface area (Å²) in [6.07, 6.45) is 1.00. The lowest BCUT2D eigenvalue weighted by molar-refractivity contribution is 0.482. The number of hydrogen-bond acceptors (Lipinski definition) is 5. The van der Waals surface area contributed by atoms with Crippen molar-refractivity contribution in [1.29, 1.82) is 0 Å². The van der Waals surface area contributed by atoms with Crippen molar-refractivity contribution >= 4 is 22.8 Å². The van der Waals surface area contributed by atoms with Crippen molar-refractivity contribution in [2.75, 3.05) is 0 Å². The molecule has 2 aromatic rings. The lowest BCUT2D eigenvalue weighted by Gasteiger charge is -2.23. The third kappa shape index (κ3) is 2.11. The molecule has 0 aromatic carbocycles. The molecule has 2 aromatic heterocycles. The second-order valence-corrected chi connectivity index (χ2v) is 6.87. The molecule has 4 nitrogen and oxygen atoms in total. The average Bonchev–Trinajstić information content (AvgIpc) is 2.74. The molecular weight excluding hydrogens is 244 g/mol. The molecule has 98 valence electrons. The number of hydrogen-bond donors (Lipinski definition) is 0. The topological polar surface area (TPSA) is 51.6 Å². The Morgan fingerprint density at radius 2 is 1.39 bits per heavy atom. The summed E-state index contributed by atoms with van der Waals surface area (Å²) in [6.45, 7) is 12.9. The number of aromatic nitrogens is 4. The Morgan fingerprint density at radius 1 is 0.889 bits per heavy atom. The predicted molar refractivity (Wildman–Crippen MR) is 75.0 cm³/mol. The molecule has 18 heavy (non-hydrogen) atoms. The van der Waals surface area contributed by atoms with Crippen molar-refractivity contribution in [2.45, 2.75) is 58.8 Å². The van der Waals surface area contributed by atoms with Crippen molar-refractivity contribution in [1.82, 2.24) is 18.9 Å². The van der Waals surface area contributed by atoms with Crippen LogP contribution in [0.25, 0.3) is 11.0 Å². The first-order chi connectivity index (χ1) is 8.27.